The van der Waals surface area contributed by atoms with Crippen molar-refractivity contribution >= 4 is 52.4 Å². The largest absolute Gasteiger partial charge is 0.502 e. The predicted molar refractivity (Wildman–Crippen MR) is 158 cm³/mol. The number of rotatable bonds is 12. The lowest BCUT2D eigenvalue weighted by molar-refractivity contribution is -0.134. The summed E-state index contributed by atoms with van der Waals surface area (Å²) in [6.07, 6.45) is 2.18. The molecule has 3 amide bonds. The summed E-state index contributed by atoms with van der Waals surface area (Å²) in [5.74, 6) is -1.75. The molecule has 0 aromatic heterocycles. The summed E-state index contributed by atoms with van der Waals surface area (Å²) in [6.45, 7) is 1.79. The van der Waals surface area contributed by atoms with Crippen molar-refractivity contribution in [1.29, 1.82) is 0 Å². The molecular formula is C27H33N7O6S. The summed E-state index contributed by atoms with van der Waals surface area (Å²) in [7, 11) is 2.79. The molecule has 0 saturated carbocycles. The van der Waals surface area contributed by atoms with Gasteiger partial charge in [0.2, 0.25) is 17.6 Å². The van der Waals surface area contributed by atoms with Crippen LogP contribution in [0.1, 0.15) is 25.3 Å². The van der Waals surface area contributed by atoms with Gasteiger partial charge in [0.1, 0.15) is 12.1 Å². The molecule has 218 valence electrons. The van der Waals surface area contributed by atoms with Crippen molar-refractivity contribution in [3.05, 3.63) is 52.9 Å². The van der Waals surface area contributed by atoms with E-state index in [1.807, 2.05) is 6.07 Å². The van der Waals surface area contributed by atoms with E-state index in [-0.39, 0.29) is 46.2 Å². The molecule has 1 fully saturated rings. The van der Waals surface area contributed by atoms with Gasteiger partial charge in [0.05, 0.1) is 24.8 Å². The lowest BCUT2D eigenvalue weighted by atomic mass is 10.1. The Balaban J connectivity index is 1.92. The van der Waals surface area contributed by atoms with Crippen molar-refractivity contribution in [2.24, 2.45) is 27.2 Å². The number of aliphatic imine (C=N–C) groups is 2. The molecule has 0 unspecified atom stereocenters. The minimum atomic E-state index is -1.05. The third-order valence-corrected chi connectivity index (χ3v) is 6.97. The fourth-order valence-corrected chi connectivity index (χ4v) is 4.93. The maximum absolute atomic E-state index is 13.7. The van der Waals surface area contributed by atoms with Crippen LogP contribution in [0.5, 0.6) is 17.2 Å². The summed E-state index contributed by atoms with van der Waals surface area (Å²) in [4.78, 5) is 48.9. The van der Waals surface area contributed by atoms with Crippen LogP contribution < -0.4 is 32.0 Å². The van der Waals surface area contributed by atoms with Crippen LogP contribution in [0.4, 0.5) is 5.69 Å². The van der Waals surface area contributed by atoms with E-state index in [1.54, 1.807) is 42.5 Å². The van der Waals surface area contributed by atoms with Gasteiger partial charge < -0.3 is 37.1 Å². The second-order valence-corrected chi connectivity index (χ2v) is 9.89. The van der Waals surface area contributed by atoms with Gasteiger partial charge in [-0.2, -0.15) is 0 Å². The number of hydrogen-bond acceptors (Lipinski definition) is 9. The summed E-state index contributed by atoms with van der Waals surface area (Å²) >= 11 is 1.07. The number of methoxy groups -OCH3 is 2. The van der Waals surface area contributed by atoms with Gasteiger partial charge in [0.25, 0.3) is 5.91 Å². The van der Waals surface area contributed by atoms with Crippen LogP contribution in [-0.4, -0.2) is 71.7 Å². The molecule has 13 nitrogen and oxygen atoms in total. The normalized spacial score (nSPS) is 16.4. The number of carbonyl (C=O) groups is 3. The maximum atomic E-state index is 13.7. The van der Waals surface area contributed by atoms with Crippen LogP contribution in [0, 0.1) is 0 Å². The van der Waals surface area contributed by atoms with E-state index in [4.69, 9.17) is 26.7 Å². The second-order valence-electron chi connectivity index (χ2n) is 8.88. The second kappa shape index (κ2) is 14.1. The quantitative estimate of drug-likeness (QED) is 0.106. The number of ether oxygens (including phenoxy) is 2. The average Bonchev–Trinajstić information content (AvgIpc) is 3.24. The number of phenolic OH excluding ortho intramolecular Hbond substituents is 1. The van der Waals surface area contributed by atoms with Gasteiger partial charge in [-0.15, -0.1) is 0 Å². The molecule has 2 atom stereocenters. The Labute approximate surface area is 241 Å². The number of nitrogens with one attached hydrogen (secondary N) is 1. The predicted octanol–water partition coefficient (Wildman–Crippen LogP) is 1.43. The van der Waals surface area contributed by atoms with E-state index < -0.39 is 29.8 Å². The molecular weight excluding hydrogens is 550 g/mol. The molecule has 1 aliphatic rings. The molecule has 3 rings (SSSR count). The van der Waals surface area contributed by atoms with Crippen molar-refractivity contribution in [3.63, 3.8) is 0 Å². The van der Waals surface area contributed by atoms with Gasteiger partial charge in [-0.25, -0.2) is 4.99 Å². The minimum Gasteiger partial charge on any atom is -0.502 e. The van der Waals surface area contributed by atoms with Crippen molar-refractivity contribution < 1.29 is 29.0 Å². The summed E-state index contributed by atoms with van der Waals surface area (Å²) in [6, 6.07) is 10.0. The average molecular weight is 584 g/mol. The molecule has 0 aliphatic carbocycles. The van der Waals surface area contributed by atoms with Crippen LogP contribution >= 0.6 is 11.8 Å². The van der Waals surface area contributed by atoms with Gasteiger partial charge in [-0.05, 0) is 67.4 Å². The van der Waals surface area contributed by atoms with Gasteiger partial charge in [0, 0.05) is 6.54 Å². The molecule has 1 heterocycles. The lowest BCUT2D eigenvalue weighted by Crippen LogP contribution is -2.53. The maximum Gasteiger partial charge on any atom is 0.267 e. The standard InChI is InChI=1S/C27H33N7O6S/c1-15(24(37)33-18(23(28)36)10-7-11-31-26(29)30)34-25(38)21(41-27(34)32-17-8-5-4-6-9-17)14-16-12-19(39-2)22(35)20(13-16)40-3/h4-6,8-9,12-15,18,35H,7,10-11H2,1-3H3,(H2,28,36)(H,33,37)(H4,29,30,31)/b21-14-,32-27?/t15-,18-/m0/s1. The third kappa shape index (κ3) is 7.91. The van der Waals surface area contributed by atoms with Gasteiger partial charge >= 0.3 is 0 Å². The molecule has 8 N–H and O–H groups in total. The molecule has 1 aliphatic heterocycles. The zero-order valence-electron chi connectivity index (χ0n) is 22.9. The van der Waals surface area contributed by atoms with Crippen LogP contribution in [0.15, 0.2) is 57.4 Å². The Hall–Kier alpha value is -4.72. The van der Waals surface area contributed by atoms with Gasteiger partial charge in [0.15, 0.2) is 22.6 Å². The number of thioether (sulfide) groups is 1. The Kier molecular flexibility index (Phi) is 10.6. The van der Waals surface area contributed by atoms with Crippen molar-refractivity contribution in [2.75, 3.05) is 20.8 Å². The van der Waals surface area contributed by atoms with Gasteiger partial charge in [-0.3, -0.25) is 24.3 Å². The number of primary amides is 1. The molecule has 0 radical (unpaired) electrons. The first-order chi connectivity index (χ1) is 19.5. The van der Waals surface area contributed by atoms with E-state index in [2.05, 4.69) is 15.3 Å². The van der Waals surface area contributed by atoms with Crippen LogP contribution in [0.25, 0.3) is 6.08 Å². The fourth-order valence-electron chi connectivity index (χ4n) is 3.87. The van der Waals surface area contributed by atoms with E-state index in [9.17, 15) is 19.5 Å². The first kappa shape index (κ1) is 30.8. The molecule has 0 bridgehead atoms. The molecule has 2 aromatic carbocycles. The SMILES string of the molecule is COc1cc(/C=C2\SC(=Nc3ccccc3)N([C@@H](C)C(=O)N[C@@H](CCCN=C(N)N)C(N)=O)C2=O)cc(OC)c1O. The van der Waals surface area contributed by atoms with E-state index >= 15 is 0 Å². The molecule has 41 heavy (non-hydrogen) atoms. The first-order valence-corrected chi connectivity index (χ1v) is 13.3. The number of benzene rings is 2. The minimum absolute atomic E-state index is 0.0818. The highest BCUT2D eigenvalue weighted by atomic mass is 32.2. The first-order valence-electron chi connectivity index (χ1n) is 12.5. The number of phenols is 1. The number of hydrogen-bond donors (Lipinski definition) is 5. The Bertz CT molecular complexity index is 1350. The Morgan fingerprint density at radius 1 is 1.12 bits per heavy atom. The Morgan fingerprint density at radius 2 is 1.76 bits per heavy atom. The number of amidine groups is 1. The van der Waals surface area contributed by atoms with Crippen molar-refractivity contribution in [3.8, 4) is 17.2 Å². The van der Waals surface area contributed by atoms with E-state index in [0.29, 0.717) is 17.7 Å². The highest BCUT2D eigenvalue weighted by Gasteiger charge is 2.40. The highest BCUT2D eigenvalue weighted by Crippen LogP contribution is 2.40. The van der Waals surface area contributed by atoms with E-state index in [1.165, 1.54) is 26.0 Å². The zero-order valence-corrected chi connectivity index (χ0v) is 23.7. The Morgan fingerprint density at radius 3 is 2.32 bits per heavy atom. The lowest BCUT2D eigenvalue weighted by Gasteiger charge is -2.25. The molecule has 1 saturated heterocycles. The number of para-hydroxylation sites is 1. The summed E-state index contributed by atoms with van der Waals surface area (Å²) < 4.78 is 10.4. The number of nitrogens with zero attached hydrogens (tertiary/aromatic N) is 3. The topological polar surface area (TPSA) is 208 Å². The monoisotopic (exact) mass is 583 g/mol. The number of aromatic hydroxyl groups is 1. The highest BCUT2D eigenvalue weighted by molar-refractivity contribution is 8.18. The molecule has 14 heteroatoms. The van der Waals surface area contributed by atoms with Gasteiger partial charge in [-0.1, -0.05) is 18.2 Å². The number of guanidine groups is 1. The summed E-state index contributed by atoms with van der Waals surface area (Å²) in [5, 5.41) is 13.1. The summed E-state index contributed by atoms with van der Waals surface area (Å²) in [5.41, 5.74) is 17.2. The van der Waals surface area contributed by atoms with Crippen molar-refractivity contribution in [1.82, 2.24) is 10.2 Å². The molecule has 2 aromatic rings. The van der Waals surface area contributed by atoms with Crippen LogP contribution in [0.2, 0.25) is 0 Å². The smallest absolute Gasteiger partial charge is 0.267 e. The zero-order chi connectivity index (χ0) is 30.1. The van der Waals surface area contributed by atoms with Crippen LogP contribution in [-0.2, 0) is 14.4 Å². The van der Waals surface area contributed by atoms with E-state index in [0.717, 1.165) is 11.8 Å². The fraction of sp³-hybridized carbons (Fsp3) is 0.296. The number of amides is 3. The molecule has 0 spiro atoms. The third-order valence-electron chi connectivity index (χ3n) is 5.99. The number of carbonyl (C=O) groups excluding carboxylic acids is 3. The number of nitrogens with two attached hydrogens (primary N) is 3. The van der Waals surface area contributed by atoms with Crippen LogP contribution in [0.3, 0.4) is 0 Å². The van der Waals surface area contributed by atoms with Crippen molar-refractivity contribution in [2.45, 2.75) is 31.8 Å².